The highest BCUT2D eigenvalue weighted by atomic mass is 32.1. The van der Waals surface area contributed by atoms with Crippen LogP contribution >= 0.6 is 11.3 Å². The third kappa shape index (κ3) is 3.03. The number of piperidine rings is 1. The van der Waals surface area contributed by atoms with E-state index < -0.39 is 0 Å². The SMILES string of the molecule is O=C1CCC2(CCOC2)CN1Cc1nc(-c2ccccc2)cs1. The summed E-state index contributed by atoms with van der Waals surface area (Å²) in [7, 11) is 0. The highest BCUT2D eigenvalue weighted by molar-refractivity contribution is 7.09. The first-order chi connectivity index (χ1) is 11.2. The third-order valence-corrected chi connectivity index (χ3v) is 5.71. The van der Waals surface area contributed by atoms with Gasteiger partial charge in [-0.05, 0) is 12.8 Å². The summed E-state index contributed by atoms with van der Waals surface area (Å²) in [6.07, 6.45) is 2.68. The molecule has 2 saturated heterocycles. The lowest BCUT2D eigenvalue weighted by Gasteiger charge is -2.38. The van der Waals surface area contributed by atoms with E-state index >= 15 is 0 Å². The molecule has 120 valence electrons. The second-order valence-corrected chi connectivity index (χ2v) is 7.49. The molecule has 1 amide bonds. The van der Waals surface area contributed by atoms with Crippen molar-refractivity contribution in [2.45, 2.75) is 25.8 Å². The zero-order valence-electron chi connectivity index (χ0n) is 13.0. The van der Waals surface area contributed by atoms with Crippen LogP contribution in [0.3, 0.4) is 0 Å². The predicted molar refractivity (Wildman–Crippen MR) is 90.1 cm³/mol. The van der Waals surface area contributed by atoms with Gasteiger partial charge in [0.2, 0.25) is 5.91 Å². The number of hydrogen-bond acceptors (Lipinski definition) is 4. The fourth-order valence-electron chi connectivity index (χ4n) is 3.51. The van der Waals surface area contributed by atoms with Gasteiger partial charge in [-0.1, -0.05) is 30.3 Å². The Morgan fingerprint density at radius 2 is 2.13 bits per heavy atom. The molecule has 4 nitrogen and oxygen atoms in total. The van der Waals surface area contributed by atoms with Gasteiger partial charge in [0, 0.05) is 35.9 Å². The Kier molecular flexibility index (Phi) is 3.91. The molecule has 5 heteroatoms. The fourth-order valence-corrected chi connectivity index (χ4v) is 4.32. The van der Waals surface area contributed by atoms with Gasteiger partial charge in [-0.15, -0.1) is 11.3 Å². The number of carbonyl (C=O) groups is 1. The summed E-state index contributed by atoms with van der Waals surface area (Å²) in [5.41, 5.74) is 2.31. The summed E-state index contributed by atoms with van der Waals surface area (Å²) in [6, 6.07) is 10.2. The van der Waals surface area contributed by atoms with Crippen LogP contribution in [0.4, 0.5) is 0 Å². The monoisotopic (exact) mass is 328 g/mol. The van der Waals surface area contributed by atoms with Crippen molar-refractivity contribution in [2.24, 2.45) is 5.41 Å². The Morgan fingerprint density at radius 3 is 2.91 bits per heavy atom. The Morgan fingerprint density at radius 1 is 1.26 bits per heavy atom. The summed E-state index contributed by atoms with van der Waals surface area (Å²) in [4.78, 5) is 19.0. The summed E-state index contributed by atoms with van der Waals surface area (Å²) in [5, 5.41) is 3.08. The second-order valence-electron chi connectivity index (χ2n) is 6.54. The number of ether oxygens (including phenoxy) is 1. The lowest BCUT2D eigenvalue weighted by molar-refractivity contribution is -0.138. The summed E-state index contributed by atoms with van der Waals surface area (Å²) >= 11 is 1.63. The minimum Gasteiger partial charge on any atom is -0.381 e. The van der Waals surface area contributed by atoms with Crippen LogP contribution in [-0.4, -0.2) is 35.5 Å². The Hall–Kier alpha value is -1.72. The van der Waals surface area contributed by atoms with Crippen molar-refractivity contribution in [1.29, 1.82) is 0 Å². The molecule has 1 atom stereocenters. The highest BCUT2D eigenvalue weighted by Gasteiger charge is 2.41. The molecular formula is C18H20N2O2S. The molecule has 4 rings (SSSR count). The summed E-state index contributed by atoms with van der Waals surface area (Å²) in [6.45, 7) is 3.06. The van der Waals surface area contributed by atoms with Gasteiger partial charge < -0.3 is 9.64 Å². The predicted octanol–water partition coefficient (Wildman–Crippen LogP) is 3.34. The van der Waals surface area contributed by atoms with Crippen molar-refractivity contribution in [2.75, 3.05) is 19.8 Å². The van der Waals surface area contributed by atoms with Gasteiger partial charge in [0.15, 0.2) is 0 Å². The molecule has 3 heterocycles. The Bertz CT molecular complexity index is 692. The molecule has 1 spiro atoms. The molecule has 0 aliphatic carbocycles. The molecule has 0 saturated carbocycles. The quantitative estimate of drug-likeness (QED) is 0.868. The van der Waals surface area contributed by atoms with Crippen LogP contribution in [0.15, 0.2) is 35.7 Å². The fraction of sp³-hybridized carbons (Fsp3) is 0.444. The molecule has 2 aliphatic heterocycles. The number of benzene rings is 1. The zero-order chi connectivity index (χ0) is 15.7. The van der Waals surface area contributed by atoms with Gasteiger partial charge >= 0.3 is 0 Å². The van der Waals surface area contributed by atoms with Gasteiger partial charge in [0.1, 0.15) is 5.01 Å². The first-order valence-corrected chi connectivity index (χ1v) is 8.97. The Balaban J connectivity index is 1.49. The average Bonchev–Trinajstić information content (AvgIpc) is 3.22. The van der Waals surface area contributed by atoms with E-state index in [1.807, 2.05) is 23.1 Å². The van der Waals surface area contributed by atoms with E-state index in [2.05, 4.69) is 17.5 Å². The van der Waals surface area contributed by atoms with Crippen LogP contribution in [0, 0.1) is 5.41 Å². The van der Waals surface area contributed by atoms with Gasteiger partial charge in [-0.25, -0.2) is 4.98 Å². The van der Waals surface area contributed by atoms with E-state index in [1.54, 1.807) is 11.3 Å². The number of hydrogen-bond donors (Lipinski definition) is 0. The van der Waals surface area contributed by atoms with E-state index in [-0.39, 0.29) is 11.3 Å². The molecular weight excluding hydrogens is 308 g/mol. The number of amides is 1. The number of thiazole rings is 1. The first-order valence-electron chi connectivity index (χ1n) is 8.10. The maximum absolute atomic E-state index is 12.3. The van der Waals surface area contributed by atoms with Crippen LogP contribution in [0.2, 0.25) is 0 Å². The lowest BCUT2D eigenvalue weighted by Crippen LogP contribution is -2.46. The molecule has 1 aromatic carbocycles. The van der Waals surface area contributed by atoms with Crippen LogP contribution in [0.1, 0.15) is 24.3 Å². The van der Waals surface area contributed by atoms with Crippen molar-refractivity contribution in [1.82, 2.24) is 9.88 Å². The van der Waals surface area contributed by atoms with Gasteiger partial charge in [0.25, 0.3) is 0 Å². The van der Waals surface area contributed by atoms with E-state index in [4.69, 9.17) is 9.72 Å². The lowest BCUT2D eigenvalue weighted by atomic mass is 9.79. The standard InChI is InChI=1S/C18H20N2O2S/c21-17-6-7-18(8-9-22-13-18)12-20(17)10-16-19-15(11-23-16)14-4-2-1-3-5-14/h1-5,11H,6-10,12-13H2. The highest BCUT2D eigenvalue weighted by Crippen LogP contribution is 2.38. The summed E-state index contributed by atoms with van der Waals surface area (Å²) < 4.78 is 5.58. The maximum atomic E-state index is 12.3. The second kappa shape index (κ2) is 6.06. The number of aromatic nitrogens is 1. The van der Waals surface area contributed by atoms with Gasteiger partial charge in [0.05, 0.1) is 18.8 Å². The maximum Gasteiger partial charge on any atom is 0.222 e. The minimum absolute atomic E-state index is 0.188. The van der Waals surface area contributed by atoms with Gasteiger partial charge in [-0.2, -0.15) is 0 Å². The van der Waals surface area contributed by atoms with E-state index in [1.165, 1.54) is 0 Å². The van der Waals surface area contributed by atoms with E-state index in [9.17, 15) is 4.79 Å². The largest absolute Gasteiger partial charge is 0.381 e. The number of likely N-dealkylation sites (tertiary alicyclic amines) is 1. The average molecular weight is 328 g/mol. The molecule has 0 radical (unpaired) electrons. The molecule has 1 aromatic heterocycles. The van der Waals surface area contributed by atoms with E-state index in [0.717, 1.165) is 48.9 Å². The summed E-state index contributed by atoms with van der Waals surface area (Å²) in [5.74, 6) is 0.249. The third-order valence-electron chi connectivity index (χ3n) is 4.88. The van der Waals surface area contributed by atoms with Crippen LogP contribution in [0.25, 0.3) is 11.3 Å². The molecule has 2 aliphatic rings. The Labute approximate surface area is 140 Å². The van der Waals surface area contributed by atoms with Gasteiger partial charge in [-0.3, -0.25) is 4.79 Å². The van der Waals surface area contributed by atoms with Crippen molar-refractivity contribution in [3.8, 4) is 11.3 Å². The van der Waals surface area contributed by atoms with E-state index in [0.29, 0.717) is 13.0 Å². The topological polar surface area (TPSA) is 42.4 Å². The molecule has 23 heavy (non-hydrogen) atoms. The van der Waals surface area contributed by atoms with Crippen molar-refractivity contribution in [3.63, 3.8) is 0 Å². The first kappa shape index (κ1) is 14.8. The normalized spacial score (nSPS) is 24.5. The van der Waals surface area contributed by atoms with Crippen LogP contribution < -0.4 is 0 Å². The zero-order valence-corrected chi connectivity index (χ0v) is 13.8. The molecule has 2 fully saturated rings. The number of carbonyl (C=O) groups excluding carboxylic acids is 1. The van der Waals surface area contributed by atoms with Crippen LogP contribution in [0.5, 0.6) is 0 Å². The molecule has 2 aromatic rings. The smallest absolute Gasteiger partial charge is 0.222 e. The molecule has 0 N–H and O–H groups in total. The number of rotatable bonds is 3. The molecule has 0 bridgehead atoms. The van der Waals surface area contributed by atoms with Crippen LogP contribution in [-0.2, 0) is 16.1 Å². The minimum atomic E-state index is 0.188. The van der Waals surface area contributed by atoms with Crippen molar-refractivity contribution < 1.29 is 9.53 Å². The van der Waals surface area contributed by atoms with Crippen molar-refractivity contribution >= 4 is 17.2 Å². The van der Waals surface area contributed by atoms with Crippen molar-refractivity contribution in [3.05, 3.63) is 40.7 Å². The molecule has 1 unspecified atom stereocenters. The number of nitrogens with zero attached hydrogens (tertiary/aromatic N) is 2.